The van der Waals surface area contributed by atoms with Crippen LogP contribution in [0.4, 0.5) is 4.39 Å². The molecule has 0 heterocycles. The highest BCUT2D eigenvalue weighted by Gasteiger charge is 2.15. The topological polar surface area (TPSA) is 17.1 Å². The van der Waals surface area contributed by atoms with Gasteiger partial charge < -0.3 is 0 Å². The van der Waals surface area contributed by atoms with Gasteiger partial charge in [-0.25, -0.2) is 4.39 Å². The van der Waals surface area contributed by atoms with E-state index in [0.717, 1.165) is 0 Å². The number of halogens is 3. The maximum Gasteiger partial charge on any atom is 0.180 e. The summed E-state index contributed by atoms with van der Waals surface area (Å²) in [6, 6.07) is 3.24. The Kier molecular flexibility index (Phi) is 3.45. The summed E-state index contributed by atoms with van der Waals surface area (Å²) in [6.45, 7) is 1.68. The minimum Gasteiger partial charge on any atom is -0.293 e. The van der Waals surface area contributed by atoms with Crippen molar-refractivity contribution >= 4 is 33.3 Å². The van der Waals surface area contributed by atoms with Gasteiger partial charge in [0.1, 0.15) is 5.82 Å². The fourth-order valence-corrected chi connectivity index (χ4v) is 1.52. The third-order valence-electron chi connectivity index (χ3n) is 1.70. The molecular formula is C9H7BrClFO. The Morgan fingerprint density at radius 3 is 2.77 bits per heavy atom. The summed E-state index contributed by atoms with van der Waals surface area (Å²) in [5.41, 5.74) is 0.677. The molecule has 1 rings (SSSR count). The molecule has 70 valence electrons. The number of aryl methyl sites for hydroxylation is 1. The molecule has 0 N–H and O–H groups in total. The Hall–Kier alpha value is -0.410. The molecular weight excluding hydrogens is 258 g/mol. The van der Waals surface area contributed by atoms with Crippen LogP contribution in [0.15, 0.2) is 16.6 Å². The molecule has 0 bridgehead atoms. The molecule has 0 aliphatic carbocycles. The molecule has 0 spiro atoms. The van der Waals surface area contributed by atoms with Gasteiger partial charge in [-0.1, -0.05) is 6.07 Å². The first-order valence-electron chi connectivity index (χ1n) is 3.61. The third kappa shape index (κ3) is 2.09. The Bertz CT molecular complexity index is 352. The maximum atomic E-state index is 13.4. The van der Waals surface area contributed by atoms with Crippen LogP contribution in [0.3, 0.4) is 0 Å². The fourth-order valence-electron chi connectivity index (χ4n) is 1.06. The van der Waals surface area contributed by atoms with Gasteiger partial charge in [-0.3, -0.25) is 4.79 Å². The van der Waals surface area contributed by atoms with Gasteiger partial charge in [-0.2, -0.15) is 0 Å². The summed E-state index contributed by atoms with van der Waals surface area (Å²) in [7, 11) is 0. The molecule has 4 heteroatoms. The lowest BCUT2D eigenvalue weighted by molar-refractivity contribution is 0.101. The molecule has 0 amide bonds. The van der Waals surface area contributed by atoms with E-state index in [2.05, 4.69) is 15.9 Å². The largest absolute Gasteiger partial charge is 0.293 e. The number of Topliss-reactive ketones (excluding diaryl/α,β-unsaturated/α-hetero) is 1. The number of hydrogen-bond donors (Lipinski definition) is 0. The highest BCUT2D eigenvalue weighted by molar-refractivity contribution is 9.10. The molecule has 1 aromatic carbocycles. The van der Waals surface area contributed by atoms with Crippen LogP contribution in [-0.2, 0) is 0 Å². The van der Waals surface area contributed by atoms with Crippen LogP contribution in [0.5, 0.6) is 0 Å². The highest BCUT2D eigenvalue weighted by atomic mass is 79.9. The third-order valence-corrected chi connectivity index (χ3v) is 2.56. The summed E-state index contributed by atoms with van der Waals surface area (Å²) >= 11 is 8.36. The second-order valence-corrected chi connectivity index (χ2v) is 3.73. The van der Waals surface area contributed by atoms with Crippen molar-refractivity contribution in [2.24, 2.45) is 0 Å². The zero-order valence-corrected chi connectivity index (χ0v) is 9.25. The molecule has 0 unspecified atom stereocenters. The van der Waals surface area contributed by atoms with E-state index in [4.69, 9.17) is 11.6 Å². The van der Waals surface area contributed by atoms with Gasteiger partial charge in [0.25, 0.3) is 0 Å². The Morgan fingerprint density at radius 2 is 2.23 bits per heavy atom. The fraction of sp³-hybridized carbons (Fsp3) is 0.222. The molecule has 0 aliphatic heterocycles. The van der Waals surface area contributed by atoms with Crippen molar-refractivity contribution in [3.8, 4) is 0 Å². The van der Waals surface area contributed by atoms with Crippen molar-refractivity contribution in [2.75, 3.05) is 5.88 Å². The second-order valence-electron chi connectivity index (χ2n) is 2.61. The number of hydrogen-bond acceptors (Lipinski definition) is 1. The summed E-state index contributed by atoms with van der Waals surface area (Å²) < 4.78 is 13.7. The summed E-state index contributed by atoms with van der Waals surface area (Å²) in [6.07, 6.45) is 0. The number of ketones is 1. The molecule has 0 radical (unpaired) electrons. The van der Waals surface area contributed by atoms with E-state index in [1.165, 1.54) is 0 Å². The Balaban J connectivity index is 3.33. The molecule has 1 nitrogen and oxygen atoms in total. The average Bonchev–Trinajstić information content (AvgIpc) is 2.12. The van der Waals surface area contributed by atoms with E-state index in [-0.39, 0.29) is 15.9 Å². The molecule has 0 aromatic heterocycles. The summed E-state index contributed by atoms with van der Waals surface area (Å²) in [5.74, 6) is -1.13. The van der Waals surface area contributed by atoms with Gasteiger partial charge in [0.2, 0.25) is 0 Å². The predicted octanol–water partition coefficient (Wildman–Crippen LogP) is 3.32. The first kappa shape index (κ1) is 10.7. The van der Waals surface area contributed by atoms with Crippen LogP contribution in [0.25, 0.3) is 0 Å². The van der Waals surface area contributed by atoms with Crippen LogP contribution in [0, 0.1) is 12.7 Å². The van der Waals surface area contributed by atoms with Crippen LogP contribution in [-0.4, -0.2) is 11.7 Å². The molecule has 0 fully saturated rings. The Morgan fingerprint density at radius 1 is 1.62 bits per heavy atom. The number of rotatable bonds is 2. The minimum absolute atomic E-state index is 0.0735. The van der Waals surface area contributed by atoms with Crippen molar-refractivity contribution in [1.29, 1.82) is 0 Å². The SMILES string of the molecule is Cc1ccc(Br)c(F)c1C(=O)CCl. The van der Waals surface area contributed by atoms with E-state index in [1.807, 2.05) is 0 Å². The highest BCUT2D eigenvalue weighted by Crippen LogP contribution is 2.22. The van der Waals surface area contributed by atoms with Gasteiger partial charge >= 0.3 is 0 Å². The number of alkyl halides is 1. The molecule has 13 heavy (non-hydrogen) atoms. The van der Waals surface area contributed by atoms with Crippen molar-refractivity contribution in [3.05, 3.63) is 33.5 Å². The van der Waals surface area contributed by atoms with Gasteiger partial charge in [-0.05, 0) is 34.5 Å². The zero-order valence-electron chi connectivity index (χ0n) is 6.90. The first-order valence-corrected chi connectivity index (χ1v) is 4.94. The van der Waals surface area contributed by atoms with Crippen LogP contribution in [0.2, 0.25) is 0 Å². The van der Waals surface area contributed by atoms with Gasteiger partial charge in [0, 0.05) is 0 Å². The lowest BCUT2D eigenvalue weighted by atomic mass is 10.1. The number of carbonyl (C=O) groups is 1. The van der Waals surface area contributed by atoms with E-state index in [0.29, 0.717) is 5.56 Å². The maximum absolute atomic E-state index is 13.4. The van der Waals surface area contributed by atoms with E-state index in [1.54, 1.807) is 19.1 Å². The lowest BCUT2D eigenvalue weighted by Crippen LogP contribution is -2.06. The molecule has 0 aliphatic rings. The van der Waals surface area contributed by atoms with Crippen molar-refractivity contribution in [3.63, 3.8) is 0 Å². The van der Waals surface area contributed by atoms with Crippen LogP contribution < -0.4 is 0 Å². The number of benzene rings is 1. The zero-order chi connectivity index (χ0) is 10.0. The van der Waals surface area contributed by atoms with Crippen molar-refractivity contribution in [1.82, 2.24) is 0 Å². The predicted molar refractivity (Wildman–Crippen MR) is 53.9 cm³/mol. The standard InChI is InChI=1S/C9H7BrClFO/c1-5-2-3-6(10)9(12)8(5)7(13)4-11/h2-3H,4H2,1H3. The summed E-state index contributed by atoms with van der Waals surface area (Å²) in [5, 5.41) is 0. The minimum atomic E-state index is -0.536. The second kappa shape index (κ2) is 4.20. The quantitative estimate of drug-likeness (QED) is 0.592. The van der Waals surface area contributed by atoms with Crippen LogP contribution in [0.1, 0.15) is 15.9 Å². The average molecular weight is 266 g/mol. The van der Waals surface area contributed by atoms with Crippen LogP contribution >= 0.6 is 27.5 Å². The van der Waals surface area contributed by atoms with E-state index < -0.39 is 11.6 Å². The van der Waals surface area contributed by atoms with Crippen molar-refractivity contribution < 1.29 is 9.18 Å². The molecule has 0 saturated carbocycles. The van der Waals surface area contributed by atoms with Crippen molar-refractivity contribution in [2.45, 2.75) is 6.92 Å². The van der Waals surface area contributed by atoms with E-state index >= 15 is 0 Å². The number of carbonyl (C=O) groups excluding carboxylic acids is 1. The monoisotopic (exact) mass is 264 g/mol. The smallest absolute Gasteiger partial charge is 0.180 e. The molecule has 0 saturated heterocycles. The van der Waals surface area contributed by atoms with Gasteiger partial charge in [0.05, 0.1) is 15.9 Å². The van der Waals surface area contributed by atoms with E-state index in [9.17, 15) is 9.18 Å². The summed E-state index contributed by atoms with van der Waals surface area (Å²) in [4.78, 5) is 11.2. The van der Waals surface area contributed by atoms with Gasteiger partial charge in [-0.15, -0.1) is 11.6 Å². The Labute approximate surface area is 89.0 Å². The normalized spacial score (nSPS) is 10.2. The van der Waals surface area contributed by atoms with Gasteiger partial charge in [0.15, 0.2) is 5.78 Å². The molecule has 1 aromatic rings. The first-order chi connectivity index (χ1) is 6.07. The lowest BCUT2D eigenvalue weighted by Gasteiger charge is -2.05. The molecule has 0 atom stereocenters.